The highest BCUT2D eigenvalue weighted by Gasteiger charge is 2.23. The maximum atomic E-state index is 12.8. The lowest BCUT2D eigenvalue weighted by atomic mass is 10.2. The van der Waals surface area contributed by atoms with Crippen LogP contribution in [-0.4, -0.2) is 21.6 Å². The number of ether oxygens (including phenoxy) is 1. The molecule has 3 aromatic rings. The number of nitrogens with zero attached hydrogens (tertiary/aromatic N) is 2. The Hall–Kier alpha value is -2.40. The molecule has 0 fully saturated rings. The van der Waals surface area contributed by atoms with Gasteiger partial charge in [-0.3, -0.25) is 4.90 Å². The fourth-order valence-electron chi connectivity index (χ4n) is 2.74. The predicted octanol–water partition coefficient (Wildman–Crippen LogP) is 5.93. The third-order valence-corrected chi connectivity index (χ3v) is 4.65. The van der Waals surface area contributed by atoms with E-state index in [2.05, 4.69) is 15.9 Å². The molecule has 0 saturated carbocycles. The molecule has 1 amide bonds. The minimum absolute atomic E-state index is 0.354. The molecular formula is C22H23BrN2O2. The number of halogens is 1. The molecule has 2 aromatic carbocycles. The first kappa shape index (κ1) is 19.4. The van der Waals surface area contributed by atoms with Crippen molar-refractivity contribution in [3.05, 3.63) is 76.4 Å². The van der Waals surface area contributed by atoms with E-state index in [0.717, 1.165) is 26.6 Å². The van der Waals surface area contributed by atoms with Crippen LogP contribution >= 0.6 is 15.9 Å². The summed E-state index contributed by atoms with van der Waals surface area (Å²) in [6, 6.07) is 19.9. The molecule has 0 aliphatic heterocycles. The fraction of sp³-hybridized carbons (Fsp3) is 0.273. The summed E-state index contributed by atoms with van der Waals surface area (Å²) in [5.74, 6) is 0. The largest absolute Gasteiger partial charge is 0.444 e. The van der Waals surface area contributed by atoms with Crippen molar-refractivity contribution >= 4 is 32.9 Å². The molecule has 5 heteroatoms. The van der Waals surface area contributed by atoms with Gasteiger partial charge in [-0.15, -0.1) is 0 Å². The van der Waals surface area contributed by atoms with Crippen molar-refractivity contribution in [1.29, 1.82) is 0 Å². The quantitative estimate of drug-likeness (QED) is 0.518. The van der Waals surface area contributed by atoms with Crippen LogP contribution in [0.15, 0.2) is 65.1 Å². The van der Waals surface area contributed by atoms with Crippen molar-refractivity contribution in [1.82, 2.24) is 9.88 Å². The molecule has 4 nitrogen and oxygen atoms in total. The van der Waals surface area contributed by atoms with Gasteiger partial charge in [-0.2, -0.15) is 0 Å². The number of hydrogen-bond donors (Lipinski definition) is 0. The van der Waals surface area contributed by atoms with Gasteiger partial charge in [-0.05, 0) is 54.4 Å². The summed E-state index contributed by atoms with van der Waals surface area (Å²) in [6.45, 7) is 6.42. The number of pyridine rings is 1. The van der Waals surface area contributed by atoms with Gasteiger partial charge in [0.25, 0.3) is 0 Å². The minimum atomic E-state index is -0.555. The van der Waals surface area contributed by atoms with Crippen LogP contribution in [0, 0.1) is 0 Å². The molecule has 0 aliphatic rings. The Kier molecular flexibility index (Phi) is 5.80. The van der Waals surface area contributed by atoms with Crippen LogP contribution in [-0.2, 0) is 17.8 Å². The van der Waals surface area contributed by atoms with Crippen LogP contribution in [0.2, 0.25) is 0 Å². The summed E-state index contributed by atoms with van der Waals surface area (Å²) in [5, 5.41) is 1.06. The van der Waals surface area contributed by atoms with Gasteiger partial charge in [0.15, 0.2) is 0 Å². The number of para-hydroxylation sites is 1. The zero-order chi connectivity index (χ0) is 19.4. The van der Waals surface area contributed by atoms with Gasteiger partial charge in [0, 0.05) is 16.4 Å². The number of carbonyl (C=O) groups is 1. The summed E-state index contributed by atoms with van der Waals surface area (Å²) in [5.41, 5.74) is 2.19. The van der Waals surface area contributed by atoms with Crippen molar-refractivity contribution < 1.29 is 9.53 Å². The second kappa shape index (κ2) is 8.09. The van der Waals surface area contributed by atoms with Crippen molar-refractivity contribution in [3.63, 3.8) is 0 Å². The lowest BCUT2D eigenvalue weighted by Gasteiger charge is -2.27. The summed E-state index contributed by atoms with van der Waals surface area (Å²) in [7, 11) is 0. The third kappa shape index (κ3) is 5.30. The lowest BCUT2D eigenvalue weighted by Crippen LogP contribution is -2.36. The van der Waals surface area contributed by atoms with E-state index in [9.17, 15) is 4.79 Å². The molecule has 0 N–H and O–H groups in total. The van der Waals surface area contributed by atoms with E-state index in [1.54, 1.807) is 4.90 Å². The van der Waals surface area contributed by atoms with E-state index in [4.69, 9.17) is 9.72 Å². The first-order valence-corrected chi connectivity index (χ1v) is 9.67. The van der Waals surface area contributed by atoms with E-state index >= 15 is 0 Å². The van der Waals surface area contributed by atoms with Crippen molar-refractivity contribution in [3.8, 4) is 0 Å². The molecule has 0 radical (unpaired) electrons. The Morgan fingerprint density at radius 1 is 1.04 bits per heavy atom. The molecule has 140 valence electrons. The topological polar surface area (TPSA) is 42.4 Å². The van der Waals surface area contributed by atoms with Gasteiger partial charge in [0.2, 0.25) is 0 Å². The van der Waals surface area contributed by atoms with Crippen LogP contribution in [0.3, 0.4) is 0 Å². The average Bonchev–Trinajstić information content (AvgIpc) is 2.61. The Labute approximate surface area is 168 Å². The smallest absolute Gasteiger partial charge is 0.410 e. The van der Waals surface area contributed by atoms with Crippen molar-refractivity contribution in [2.24, 2.45) is 0 Å². The molecule has 0 bridgehead atoms. The maximum absolute atomic E-state index is 12.8. The normalized spacial score (nSPS) is 11.4. The summed E-state index contributed by atoms with van der Waals surface area (Å²) < 4.78 is 6.49. The third-order valence-electron chi connectivity index (χ3n) is 3.96. The molecular weight excluding hydrogens is 404 g/mol. The van der Waals surface area contributed by atoms with Crippen LogP contribution < -0.4 is 0 Å². The number of benzene rings is 2. The average molecular weight is 427 g/mol. The highest BCUT2D eigenvalue weighted by Crippen LogP contribution is 2.24. The fourth-order valence-corrected chi connectivity index (χ4v) is 3.20. The molecule has 27 heavy (non-hydrogen) atoms. The van der Waals surface area contributed by atoms with Crippen molar-refractivity contribution in [2.45, 2.75) is 39.5 Å². The monoisotopic (exact) mass is 426 g/mol. The highest BCUT2D eigenvalue weighted by molar-refractivity contribution is 9.10. The minimum Gasteiger partial charge on any atom is -0.444 e. The van der Waals surface area contributed by atoms with Crippen LogP contribution in [0.1, 0.15) is 32.0 Å². The summed E-state index contributed by atoms with van der Waals surface area (Å²) in [6.07, 6.45) is -0.354. The zero-order valence-corrected chi connectivity index (χ0v) is 17.4. The molecule has 0 atom stereocenters. The van der Waals surface area contributed by atoms with Gasteiger partial charge in [-0.25, -0.2) is 9.78 Å². The summed E-state index contributed by atoms with van der Waals surface area (Å²) in [4.78, 5) is 19.2. The van der Waals surface area contributed by atoms with E-state index in [1.807, 2.05) is 81.4 Å². The number of amides is 1. The second-order valence-electron chi connectivity index (χ2n) is 7.43. The molecule has 0 saturated heterocycles. The molecule has 1 aromatic heterocycles. The number of hydrogen-bond acceptors (Lipinski definition) is 3. The van der Waals surface area contributed by atoms with E-state index < -0.39 is 5.60 Å². The number of aromatic nitrogens is 1. The standard InChI is InChI=1S/C22H23BrN2O2/c1-22(2,3)27-21(26)25(14-16-9-5-4-6-10-16)15-20-18(23)13-17-11-7-8-12-19(17)24-20/h4-13H,14-15H2,1-3H3. The van der Waals surface area contributed by atoms with Gasteiger partial charge in [0.1, 0.15) is 5.60 Å². The van der Waals surface area contributed by atoms with Gasteiger partial charge in [0.05, 0.1) is 17.8 Å². The van der Waals surface area contributed by atoms with E-state index in [0.29, 0.717) is 13.1 Å². The molecule has 0 aliphatic carbocycles. The van der Waals surface area contributed by atoms with Gasteiger partial charge in [-0.1, -0.05) is 48.5 Å². The molecule has 0 unspecified atom stereocenters. The van der Waals surface area contributed by atoms with Gasteiger partial charge >= 0.3 is 6.09 Å². The second-order valence-corrected chi connectivity index (χ2v) is 8.29. The Balaban J connectivity index is 1.90. The van der Waals surface area contributed by atoms with Crippen LogP contribution in [0.25, 0.3) is 10.9 Å². The molecule has 3 rings (SSSR count). The van der Waals surface area contributed by atoms with Gasteiger partial charge < -0.3 is 4.74 Å². The number of carbonyl (C=O) groups excluding carboxylic acids is 1. The number of rotatable bonds is 4. The van der Waals surface area contributed by atoms with Crippen LogP contribution in [0.4, 0.5) is 4.79 Å². The first-order chi connectivity index (χ1) is 12.8. The Morgan fingerprint density at radius 3 is 2.41 bits per heavy atom. The Morgan fingerprint density at radius 2 is 1.70 bits per heavy atom. The number of fused-ring (bicyclic) bond motifs is 1. The highest BCUT2D eigenvalue weighted by atomic mass is 79.9. The zero-order valence-electron chi connectivity index (χ0n) is 15.8. The van der Waals surface area contributed by atoms with E-state index in [-0.39, 0.29) is 6.09 Å². The summed E-state index contributed by atoms with van der Waals surface area (Å²) >= 11 is 3.60. The van der Waals surface area contributed by atoms with Crippen molar-refractivity contribution in [2.75, 3.05) is 0 Å². The Bertz CT molecular complexity index is 936. The van der Waals surface area contributed by atoms with E-state index in [1.165, 1.54) is 0 Å². The van der Waals surface area contributed by atoms with Crippen LogP contribution in [0.5, 0.6) is 0 Å². The molecule has 1 heterocycles. The molecule has 0 spiro atoms. The lowest BCUT2D eigenvalue weighted by molar-refractivity contribution is 0.0214. The predicted molar refractivity (Wildman–Crippen MR) is 111 cm³/mol. The maximum Gasteiger partial charge on any atom is 0.410 e. The first-order valence-electron chi connectivity index (χ1n) is 8.88. The SMILES string of the molecule is CC(C)(C)OC(=O)N(Cc1ccccc1)Cc1nc2ccccc2cc1Br.